The summed E-state index contributed by atoms with van der Waals surface area (Å²) in [6.45, 7) is 2.69. The van der Waals surface area contributed by atoms with Crippen molar-refractivity contribution in [2.24, 2.45) is 0 Å². The molecule has 2 fully saturated rings. The average Bonchev–Trinajstić information content (AvgIpc) is 2.76. The molecule has 0 spiro atoms. The number of para-hydroxylation sites is 1. The number of amides is 1. The summed E-state index contributed by atoms with van der Waals surface area (Å²) in [6, 6.07) is 9.65. The number of piperazine rings is 1. The highest BCUT2D eigenvalue weighted by Gasteiger charge is 2.56. The van der Waals surface area contributed by atoms with Gasteiger partial charge in [-0.05, 0) is 31.4 Å². The van der Waals surface area contributed by atoms with Crippen LogP contribution in [0.25, 0.3) is 0 Å². The summed E-state index contributed by atoms with van der Waals surface area (Å²) in [4.78, 5) is 13.2. The Morgan fingerprint density at radius 3 is 2.90 bits per heavy atom. The summed E-state index contributed by atoms with van der Waals surface area (Å²) in [5.41, 5.74) is -0.454. The number of carbonyl (C=O) groups is 1. The Hall–Kier alpha value is -1.75. The molecule has 2 saturated heterocycles. The number of nitrogens with one attached hydrogen (secondary N) is 1. The number of fused-ring (bicyclic) bond motifs is 2. The van der Waals surface area contributed by atoms with Gasteiger partial charge in [-0.2, -0.15) is 0 Å². The van der Waals surface area contributed by atoms with Gasteiger partial charge in [-0.15, -0.1) is 0 Å². The van der Waals surface area contributed by atoms with E-state index in [4.69, 9.17) is 4.74 Å². The Kier molecular flexibility index (Phi) is 3.30. The molecule has 2 heterocycles. The number of hydrogen-bond acceptors (Lipinski definition) is 3. The molecule has 5 heteroatoms. The zero-order valence-corrected chi connectivity index (χ0v) is 11.6. The second-order valence-electron chi connectivity index (χ2n) is 5.52. The van der Waals surface area contributed by atoms with Crippen LogP contribution in [0, 0.1) is 0 Å². The van der Waals surface area contributed by atoms with Gasteiger partial charge in [-0.3, -0.25) is 10.2 Å². The van der Waals surface area contributed by atoms with Gasteiger partial charge >= 0.3 is 6.09 Å². The lowest BCUT2D eigenvalue weighted by Gasteiger charge is -2.48. The number of hydrogen-bond donors (Lipinski definition) is 2. The Morgan fingerprint density at radius 1 is 1.50 bits per heavy atom. The van der Waals surface area contributed by atoms with Gasteiger partial charge in [0.25, 0.3) is 0 Å². The maximum Gasteiger partial charge on any atom is 0.408 e. The van der Waals surface area contributed by atoms with Gasteiger partial charge in [0, 0.05) is 12.6 Å². The molecule has 20 heavy (non-hydrogen) atoms. The van der Waals surface area contributed by atoms with E-state index in [1.165, 1.54) is 0 Å². The molecule has 1 aromatic carbocycles. The monoisotopic (exact) mass is 276 g/mol. The fraction of sp³-hybridized carbons (Fsp3) is 0.533. The first-order valence-corrected chi connectivity index (χ1v) is 7.15. The average molecular weight is 276 g/mol. The van der Waals surface area contributed by atoms with Crippen molar-refractivity contribution in [3.63, 3.8) is 0 Å². The molecule has 3 rings (SSSR count). The molecule has 0 saturated carbocycles. The van der Waals surface area contributed by atoms with Crippen molar-refractivity contribution in [1.82, 2.24) is 10.2 Å². The number of rotatable bonds is 3. The van der Waals surface area contributed by atoms with Crippen LogP contribution in [-0.4, -0.2) is 40.5 Å². The van der Waals surface area contributed by atoms with Crippen molar-refractivity contribution in [1.29, 1.82) is 0 Å². The van der Waals surface area contributed by atoms with E-state index in [1.807, 2.05) is 37.3 Å². The molecule has 2 aliphatic rings. The van der Waals surface area contributed by atoms with Crippen LogP contribution in [0.1, 0.15) is 26.2 Å². The third kappa shape index (κ3) is 1.93. The smallest absolute Gasteiger partial charge is 0.408 e. The van der Waals surface area contributed by atoms with Gasteiger partial charge in [0.15, 0.2) is 6.23 Å². The van der Waals surface area contributed by atoms with E-state index in [9.17, 15) is 9.90 Å². The summed E-state index contributed by atoms with van der Waals surface area (Å²) in [5, 5.41) is 12.9. The topological polar surface area (TPSA) is 61.8 Å². The van der Waals surface area contributed by atoms with Crippen molar-refractivity contribution in [3.8, 4) is 5.75 Å². The molecular formula is C15H20N2O3. The van der Waals surface area contributed by atoms with E-state index in [-0.39, 0.29) is 12.3 Å². The molecule has 2 bridgehead atoms. The highest BCUT2D eigenvalue weighted by molar-refractivity contribution is 5.68. The van der Waals surface area contributed by atoms with Crippen LogP contribution in [0.4, 0.5) is 4.79 Å². The van der Waals surface area contributed by atoms with E-state index < -0.39 is 11.6 Å². The first kappa shape index (κ1) is 13.2. The second kappa shape index (κ2) is 4.98. The highest BCUT2D eigenvalue weighted by atomic mass is 16.5. The van der Waals surface area contributed by atoms with Gasteiger partial charge in [0.2, 0.25) is 0 Å². The molecule has 1 amide bonds. The maximum atomic E-state index is 11.6. The van der Waals surface area contributed by atoms with E-state index in [1.54, 1.807) is 4.90 Å². The minimum atomic E-state index is -0.836. The second-order valence-corrected chi connectivity index (χ2v) is 5.52. The number of nitrogens with zero attached hydrogens (tertiary/aromatic N) is 1. The van der Waals surface area contributed by atoms with Gasteiger partial charge in [-0.25, -0.2) is 4.79 Å². The van der Waals surface area contributed by atoms with Gasteiger partial charge in [0.05, 0.1) is 5.54 Å². The Balaban J connectivity index is 1.89. The largest absolute Gasteiger partial charge is 0.473 e. The van der Waals surface area contributed by atoms with Crippen LogP contribution >= 0.6 is 0 Å². The van der Waals surface area contributed by atoms with Crippen LogP contribution in [0.2, 0.25) is 0 Å². The minimum absolute atomic E-state index is 0.0723. The Morgan fingerprint density at radius 2 is 2.25 bits per heavy atom. The highest BCUT2D eigenvalue weighted by Crippen LogP contribution is 2.42. The summed E-state index contributed by atoms with van der Waals surface area (Å²) < 4.78 is 6.04. The molecule has 5 nitrogen and oxygen atoms in total. The van der Waals surface area contributed by atoms with Crippen molar-refractivity contribution in [2.45, 2.75) is 44.0 Å². The van der Waals surface area contributed by atoms with Gasteiger partial charge in [0.1, 0.15) is 5.75 Å². The third-order valence-electron chi connectivity index (χ3n) is 4.60. The van der Waals surface area contributed by atoms with Crippen molar-refractivity contribution < 1.29 is 14.6 Å². The van der Waals surface area contributed by atoms with E-state index in [0.717, 1.165) is 25.0 Å². The summed E-state index contributed by atoms with van der Waals surface area (Å²) in [5.74, 6) is 0.772. The zero-order valence-electron chi connectivity index (χ0n) is 11.6. The van der Waals surface area contributed by atoms with Crippen LogP contribution in [0.3, 0.4) is 0 Å². The number of benzene rings is 1. The van der Waals surface area contributed by atoms with Crippen LogP contribution in [-0.2, 0) is 0 Å². The first-order valence-electron chi connectivity index (χ1n) is 7.15. The van der Waals surface area contributed by atoms with Gasteiger partial charge < -0.3 is 9.84 Å². The fourth-order valence-corrected chi connectivity index (χ4v) is 3.58. The summed E-state index contributed by atoms with van der Waals surface area (Å²) in [6.07, 6.45) is 1.38. The zero-order chi connectivity index (χ0) is 14.2. The lowest BCUT2D eigenvalue weighted by Crippen LogP contribution is -2.69. The predicted molar refractivity (Wildman–Crippen MR) is 74.8 cm³/mol. The standard InChI is InChI=1S/C15H20N2O3/c1-2-15-9-8-11(17(15)14(18)19)10-16-13(15)20-12-6-4-3-5-7-12/h3-7,11,13,16H,2,8-10H2,1H3,(H,18,19). The Labute approximate surface area is 118 Å². The summed E-state index contributed by atoms with van der Waals surface area (Å²) in [7, 11) is 0. The van der Waals surface area contributed by atoms with Crippen molar-refractivity contribution in [3.05, 3.63) is 30.3 Å². The van der Waals surface area contributed by atoms with Gasteiger partial charge in [-0.1, -0.05) is 25.1 Å². The quantitative estimate of drug-likeness (QED) is 0.889. The summed E-state index contributed by atoms with van der Waals surface area (Å²) >= 11 is 0. The maximum absolute atomic E-state index is 11.6. The molecule has 108 valence electrons. The third-order valence-corrected chi connectivity index (χ3v) is 4.60. The fourth-order valence-electron chi connectivity index (χ4n) is 3.58. The molecule has 0 radical (unpaired) electrons. The van der Waals surface area contributed by atoms with E-state index in [0.29, 0.717) is 6.54 Å². The molecule has 1 aromatic rings. The first-order chi connectivity index (χ1) is 9.67. The lowest BCUT2D eigenvalue weighted by atomic mass is 9.90. The van der Waals surface area contributed by atoms with Crippen LogP contribution < -0.4 is 10.1 Å². The molecule has 3 atom stereocenters. The van der Waals surface area contributed by atoms with E-state index >= 15 is 0 Å². The van der Waals surface area contributed by atoms with Crippen molar-refractivity contribution >= 4 is 6.09 Å². The normalized spacial score (nSPS) is 32.1. The van der Waals surface area contributed by atoms with Crippen LogP contribution in [0.5, 0.6) is 5.75 Å². The molecule has 3 unspecified atom stereocenters. The molecule has 2 aliphatic heterocycles. The van der Waals surface area contributed by atoms with E-state index in [2.05, 4.69) is 5.32 Å². The number of carboxylic acid groups (broad SMARTS) is 1. The van der Waals surface area contributed by atoms with Crippen LogP contribution in [0.15, 0.2) is 30.3 Å². The van der Waals surface area contributed by atoms with Crippen molar-refractivity contribution in [2.75, 3.05) is 6.54 Å². The minimum Gasteiger partial charge on any atom is -0.473 e. The number of ether oxygens (including phenoxy) is 1. The predicted octanol–water partition coefficient (Wildman–Crippen LogP) is 2.29. The molecular weight excluding hydrogens is 256 g/mol. The molecule has 0 aromatic heterocycles. The SMILES string of the molecule is CCC12CCC(CNC1Oc1ccccc1)N2C(=O)O. The lowest BCUT2D eigenvalue weighted by molar-refractivity contribution is -0.0442. The molecule has 0 aliphatic carbocycles. The Bertz CT molecular complexity index is 493. The molecule has 2 N–H and O–H groups in total.